The Morgan fingerprint density at radius 1 is 1.67 bits per heavy atom. The Bertz CT molecular complexity index is 112. The summed E-state index contributed by atoms with van der Waals surface area (Å²) < 4.78 is 1.13. The molecule has 0 aromatic heterocycles. The number of hydrogen-bond donors (Lipinski definition) is 1. The molecule has 0 heterocycles. The monoisotopic (exact) mass is 235 g/mol. The average molecular weight is 234 g/mol. The molecule has 1 amide bonds. The first-order valence-electron chi connectivity index (χ1n) is 2.96. The predicted octanol–water partition coefficient (Wildman–Crippen LogP) is 0.207. The Kier molecular flexibility index (Phi) is 3.54. The number of nitrogens with two attached hydrogens (primary N) is 1. The summed E-state index contributed by atoms with van der Waals surface area (Å²) in [5.74, 6) is -0.186. The Labute approximate surface area is 69.3 Å². The molecule has 0 saturated heterocycles. The van der Waals surface area contributed by atoms with E-state index in [1.807, 2.05) is 0 Å². The number of rotatable bonds is 3. The van der Waals surface area contributed by atoms with E-state index < -0.39 is 0 Å². The van der Waals surface area contributed by atoms with Crippen LogP contribution in [-0.2, 0) is 4.79 Å². The molecule has 0 aliphatic rings. The molecule has 0 aliphatic carbocycles. The van der Waals surface area contributed by atoms with Crippen molar-refractivity contribution in [2.24, 2.45) is 11.1 Å². The van der Waals surface area contributed by atoms with Gasteiger partial charge in [0.2, 0.25) is 0 Å². The van der Waals surface area contributed by atoms with Crippen LogP contribution < -0.4 is 5.73 Å². The Balaban J connectivity index is 3.71. The van der Waals surface area contributed by atoms with Gasteiger partial charge in [0.1, 0.15) is 0 Å². The first kappa shape index (κ1) is 9.27. The van der Waals surface area contributed by atoms with E-state index in [4.69, 9.17) is 5.73 Å². The summed E-state index contributed by atoms with van der Waals surface area (Å²) in [6, 6.07) is 0. The third kappa shape index (κ3) is 4.75. The van der Waals surface area contributed by atoms with Gasteiger partial charge in [0.05, 0.1) is 0 Å². The van der Waals surface area contributed by atoms with Crippen LogP contribution in [0.3, 0.4) is 0 Å². The van der Waals surface area contributed by atoms with Crippen molar-refractivity contribution in [3.63, 3.8) is 0 Å². The molecule has 0 spiro atoms. The van der Waals surface area contributed by atoms with Gasteiger partial charge in [-0.25, -0.2) is 0 Å². The SMILES string of the molecule is CC(C)([CH2][SnH])CC(N)=O. The maximum absolute atomic E-state index is 10.4. The zero-order valence-electron chi connectivity index (χ0n) is 5.98. The Morgan fingerprint density at radius 3 is 2.22 bits per heavy atom. The van der Waals surface area contributed by atoms with Crippen molar-refractivity contribution in [3.05, 3.63) is 0 Å². The molecule has 9 heavy (non-hydrogen) atoms. The van der Waals surface area contributed by atoms with E-state index in [0.717, 1.165) is 4.44 Å². The normalized spacial score (nSPS) is 11.4. The van der Waals surface area contributed by atoms with Crippen molar-refractivity contribution in [2.45, 2.75) is 24.7 Å². The summed E-state index contributed by atoms with van der Waals surface area (Å²) in [5, 5.41) is 0. The molecule has 0 aliphatic heterocycles. The van der Waals surface area contributed by atoms with Crippen LogP contribution in [0.5, 0.6) is 0 Å². The molecular formula is C6H13NOSn. The molecule has 0 aromatic rings. The second kappa shape index (κ2) is 3.44. The van der Waals surface area contributed by atoms with Crippen molar-refractivity contribution >= 4 is 28.4 Å². The van der Waals surface area contributed by atoms with Crippen LogP contribution in [0.2, 0.25) is 4.44 Å². The molecule has 3 heteroatoms. The summed E-state index contributed by atoms with van der Waals surface area (Å²) in [7, 11) is 0. The number of carbonyl (C=O) groups is 1. The minimum atomic E-state index is -0.186. The molecule has 0 fully saturated rings. The second-order valence-corrected chi connectivity index (χ2v) is 4.18. The molecule has 2 nitrogen and oxygen atoms in total. The molecule has 0 unspecified atom stereocenters. The van der Waals surface area contributed by atoms with Gasteiger partial charge < -0.3 is 0 Å². The molecular weight excluding hydrogens is 221 g/mol. The first-order valence-corrected chi connectivity index (χ1v) is 5.29. The summed E-state index contributed by atoms with van der Waals surface area (Å²) in [5.41, 5.74) is 5.18. The van der Waals surface area contributed by atoms with Gasteiger partial charge in [-0.1, -0.05) is 0 Å². The summed E-state index contributed by atoms with van der Waals surface area (Å²) in [6.45, 7) is 4.14. The van der Waals surface area contributed by atoms with Crippen molar-refractivity contribution in [1.82, 2.24) is 0 Å². The number of amides is 1. The third-order valence-electron chi connectivity index (χ3n) is 1.21. The van der Waals surface area contributed by atoms with Crippen LogP contribution >= 0.6 is 0 Å². The number of hydrogen-bond acceptors (Lipinski definition) is 1. The fourth-order valence-corrected chi connectivity index (χ4v) is 0.956. The molecule has 0 aromatic carbocycles. The van der Waals surface area contributed by atoms with E-state index in [9.17, 15) is 4.79 Å². The Hall–Kier alpha value is 0.269. The Morgan fingerprint density at radius 2 is 2.11 bits per heavy atom. The predicted molar refractivity (Wildman–Crippen MR) is 39.5 cm³/mol. The van der Waals surface area contributed by atoms with E-state index in [2.05, 4.69) is 13.8 Å². The van der Waals surface area contributed by atoms with E-state index in [0.29, 0.717) is 6.42 Å². The van der Waals surface area contributed by atoms with Gasteiger partial charge in [0, 0.05) is 0 Å². The van der Waals surface area contributed by atoms with E-state index in [-0.39, 0.29) is 11.3 Å². The van der Waals surface area contributed by atoms with E-state index in [1.165, 1.54) is 22.5 Å². The zero-order chi connectivity index (χ0) is 7.49. The molecule has 0 saturated carbocycles. The van der Waals surface area contributed by atoms with Crippen LogP contribution in [0, 0.1) is 5.41 Å². The first-order chi connectivity index (χ1) is 3.98. The number of carbonyl (C=O) groups excluding carboxylic acids is 1. The van der Waals surface area contributed by atoms with Gasteiger partial charge in [-0.15, -0.1) is 0 Å². The van der Waals surface area contributed by atoms with Crippen LogP contribution in [0.1, 0.15) is 20.3 Å². The molecule has 0 bridgehead atoms. The van der Waals surface area contributed by atoms with Crippen LogP contribution in [0.4, 0.5) is 0 Å². The fourth-order valence-electron chi connectivity index (χ4n) is 0.544. The van der Waals surface area contributed by atoms with Crippen molar-refractivity contribution in [2.75, 3.05) is 0 Å². The zero-order valence-corrected chi connectivity index (χ0v) is 9.27. The van der Waals surface area contributed by atoms with Crippen molar-refractivity contribution in [3.8, 4) is 0 Å². The summed E-state index contributed by atoms with van der Waals surface area (Å²) in [4.78, 5) is 10.4. The van der Waals surface area contributed by atoms with Crippen LogP contribution in [0.15, 0.2) is 0 Å². The quantitative estimate of drug-likeness (QED) is 0.696. The van der Waals surface area contributed by atoms with Gasteiger partial charge in [-0.05, 0) is 0 Å². The third-order valence-corrected chi connectivity index (χ3v) is 4.36. The van der Waals surface area contributed by atoms with Crippen molar-refractivity contribution < 1.29 is 4.79 Å². The van der Waals surface area contributed by atoms with Crippen molar-refractivity contribution in [1.29, 1.82) is 0 Å². The summed E-state index contributed by atoms with van der Waals surface area (Å²) >= 11 is 1.20. The fraction of sp³-hybridized carbons (Fsp3) is 0.833. The molecule has 2 radical (unpaired) electrons. The van der Waals surface area contributed by atoms with Crippen LogP contribution in [-0.4, -0.2) is 28.4 Å². The minimum absolute atomic E-state index is 0.147. The molecule has 2 N–H and O–H groups in total. The standard InChI is InChI=1S/C6H12NO.Sn.H/c1-6(2,3)4-5(7)8;;/h1,4H2,2-3H3,(H2,7,8);;. The van der Waals surface area contributed by atoms with Gasteiger partial charge in [0.15, 0.2) is 0 Å². The van der Waals surface area contributed by atoms with Gasteiger partial charge in [-0.3, -0.25) is 0 Å². The molecule has 0 rings (SSSR count). The molecule has 0 atom stereocenters. The van der Waals surface area contributed by atoms with Gasteiger partial charge >= 0.3 is 69.1 Å². The topological polar surface area (TPSA) is 43.1 Å². The van der Waals surface area contributed by atoms with Crippen LogP contribution in [0.25, 0.3) is 0 Å². The van der Waals surface area contributed by atoms with E-state index >= 15 is 0 Å². The molecule has 52 valence electrons. The van der Waals surface area contributed by atoms with E-state index in [1.54, 1.807) is 0 Å². The maximum atomic E-state index is 10.4. The summed E-state index contributed by atoms with van der Waals surface area (Å²) in [6.07, 6.45) is 0.522. The van der Waals surface area contributed by atoms with Gasteiger partial charge in [-0.2, -0.15) is 0 Å². The second-order valence-electron chi connectivity index (χ2n) is 3.01. The van der Waals surface area contributed by atoms with Gasteiger partial charge in [0.25, 0.3) is 0 Å². The average Bonchev–Trinajstić information content (AvgIpc) is 1.63. The number of primary amides is 1.